The van der Waals surface area contributed by atoms with Crippen LogP contribution in [0.25, 0.3) is 0 Å². The van der Waals surface area contributed by atoms with E-state index in [1.807, 2.05) is 4.90 Å². The molecule has 146 valence electrons. The summed E-state index contributed by atoms with van der Waals surface area (Å²) in [5, 5.41) is 14.4. The Morgan fingerprint density at radius 3 is 2.64 bits per heavy atom. The fourth-order valence-corrected chi connectivity index (χ4v) is 3.68. The van der Waals surface area contributed by atoms with E-state index in [1.54, 1.807) is 18.2 Å². The Morgan fingerprint density at radius 2 is 1.89 bits per heavy atom. The van der Waals surface area contributed by atoms with Crippen LogP contribution >= 0.6 is 11.6 Å². The molecule has 0 saturated carbocycles. The largest absolute Gasteiger partial charge is 0.392 e. The molecule has 1 aromatic heterocycles. The van der Waals surface area contributed by atoms with Crippen molar-refractivity contribution in [2.45, 2.75) is 31.5 Å². The lowest BCUT2D eigenvalue weighted by molar-refractivity contribution is 0.169. The van der Waals surface area contributed by atoms with Gasteiger partial charge in [-0.25, -0.2) is 8.78 Å². The van der Waals surface area contributed by atoms with Crippen molar-refractivity contribution in [3.8, 4) is 0 Å². The standard InChI is InChI=1S/C20H18ClF2N3O2/c21-17-8-15(23)6-3-13(17)7-19-24-20(28-25-19)18-9-16(27)11-26(18)10-12-1-4-14(22)5-2-12/h1-6,8,16,18,27H,7,9-11H2. The molecule has 1 aliphatic rings. The zero-order valence-electron chi connectivity index (χ0n) is 14.9. The molecule has 5 nitrogen and oxygen atoms in total. The lowest BCUT2D eigenvalue weighted by Gasteiger charge is -2.21. The summed E-state index contributed by atoms with van der Waals surface area (Å²) in [6.07, 6.45) is 0.281. The number of likely N-dealkylation sites (tertiary alicyclic amines) is 1. The zero-order valence-corrected chi connectivity index (χ0v) is 15.6. The summed E-state index contributed by atoms with van der Waals surface area (Å²) in [6, 6.07) is 10.2. The summed E-state index contributed by atoms with van der Waals surface area (Å²) in [5.74, 6) is 0.153. The Labute approximate surface area is 165 Å². The number of hydrogen-bond acceptors (Lipinski definition) is 5. The molecule has 1 fully saturated rings. The van der Waals surface area contributed by atoms with Crippen LogP contribution in [-0.4, -0.2) is 32.8 Å². The average molecular weight is 406 g/mol. The van der Waals surface area contributed by atoms with Gasteiger partial charge in [-0.2, -0.15) is 4.98 Å². The van der Waals surface area contributed by atoms with E-state index >= 15 is 0 Å². The second kappa shape index (κ2) is 7.95. The summed E-state index contributed by atoms with van der Waals surface area (Å²) in [5.41, 5.74) is 1.63. The molecule has 2 atom stereocenters. The quantitative estimate of drug-likeness (QED) is 0.697. The van der Waals surface area contributed by atoms with Crippen LogP contribution in [0.2, 0.25) is 5.02 Å². The second-order valence-electron chi connectivity index (χ2n) is 6.92. The van der Waals surface area contributed by atoms with Crippen LogP contribution < -0.4 is 0 Å². The molecule has 28 heavy (non-hydrogen) atoms. The fraction of sp³-hybridized carbons (Fsp3) is 0.300. The molecule has 0 bridgehead atoms. The first-order valence-electron chi connectivity index (χ1n) is 8.91. The molecule has 2 unspecified atom stereocenters. The minimum absolute atomic E-state index is 0.231. The topological polar surface area (TPSA) is 62.4 Å². The number of rotatable bonds is 5. The van der Waals surface area contributed by atoms with Crippen LogP contribution in [-0.2, 0) is 13.0 Å². The van der Waals surface area contributed by atoms with Gasteiger partial charge in [0.1, 0.15) is 11.6 Å². The van der Waals surface area contributed by atoms with Gasteiger partial charge in [0.15, 0.2) is 5.82 Å². The third-order valence-corrected chi connectivity index (χ3v) is 5.16. The summed E-state index contributed by atoms with van der Waals surface area (Å²) < 4.78 is 31.7. The number of hydrogen-bond donors (Lipinski definition) is 1. The smallest absolute Gasteiger partial charge is 0.244 e. The number of aliphatic hydroxyl groups excluding tert-OH is 1. The summed E-state index contributed by atoms with van der Waals surface area (Å²) in [6.45, 7) is 0.993. The van der Waals surface area contributed by atoms with Crippen LogP contribution in [0.3, 0.4) is 0 Å². The first-order valence-corrected chi connectivity index (χ1v) is 9.28. The molecule has 1 saturated heterocycles. The number of nitrogens with zero attached hydrogens (tertiary/aromatic N) is 3. The van der Waals surface area contributed by atoms with Crippen molar-refractivity contribution < 1.29 is 18.4 Å². The summed E-state index contributed by atoms with van der Waals surface area (Å²) in [4.78, 5) is 6.48. The average Bonchev–Trinajstić information content (AvgIpc) is 3.26. The lowest BCUT2D eigenvalue weighted by atomic mass is 10.1. The molecule has 0 aliphatic carbocycles. The molecule has 8 heteroatoms. The number of aliphatic hydroxyl groups is 1. The van der Waals surface area contributed by atoms with Gasteiger partial charge in [0, 0.05) is 24.5 Å². The predicted octanol–water partition coefficient (Wildman–Crippen LogP) is 3.90. The van der Waals surface area contributed by atoms with E-state index in [-0.39, 0.29) is 11.9 Å². The molecule has 1 N–H and O–H groups in total. The van der Waals surface area contributed by atoms with Crippen molar-refractivity contribution in [2.75, 3.05) is 6.54 Å². The third-order valence-electron chi connectivity index (χ3n) is 4.81. The normalized spacial score (nSPS) is 20.0. The number of benzene rings is 2. The first-order chi connectivity index (χ1) is 13.5. The third kappa shape index (κ3) is 4.22. The highest BCUT2D eigenvalue weighted by atomic mass is 35.5. The highest BCUT2D eigenvalue weighted by molar-refractivity contribution is 6.31. The second-order valence-corrected chi connectivity index (χ2v) is 7.33. The molecular formula is C20H18ClF2N3O2. The molecule has 1 aliphatic heterocycles. The van der Waals surface area contributed by atoms with Crippen molar-refractivity contribution in [3.05, 3.63) is 82.0 Å². The first kappa shape index (κ1) is 19.0. The lowest BCUT2D eigenvalue weighted by Crippen LogP contribution is -2.24. The van der Waals surface area contributed by atoms with Crippen LogP contribution in [0.5, 0.6) is 0 Å². The van der Waals surface area contributed by atoms with Gasteiger partial charge < -0.3 is 9.63 Å². The molecule has 0 amide bonds. The van der Waals surface area contributed by atoms with E-state index in [4.69, 9.17) is 16.1 Å². The Balaban J connectivity index is 1.50. The van der Waals surface area contributed by atoms with Gasteiger partial charge in [0.25, 0.3) is 0 Å². The van der Waals surface area contributed by atoms with Crippen molar-refractivity contribution >= 4 is 11.6 Å². The monoisotopic (exact) mass is 405 g/mol. The number of halogens is 3. The number of β-amino-alcohol motifs (C(OH)–C–C–N with tert-alkyl or cyclic N) is 1. The molecule has 3 aromatic rings. The highest BCUT2D eigenvalue weighted by Gasteiger charge is 2.35. The Bertz CT molecular complexity index is 964. The molecule has 4 rings (SSSR count). The summed E-state index contributed by atoms with van der Waals surface area (Å²) >= 11 is 6.06. The minimum Gasteiger partial charge on any atom is -0.392 e. The molecule has 2 heterocycles. The van der Waals surface area contributed by atoms with E-state index in [9.17, 15) is 13.9 Å². The maximum absolute atomic E-state index is 13.2. The zero-order chi connectivity index (χ0) is 19.7. The molecular weight excluding hydrogens is 388 g/mol. The Kier molecular flexibility index (Phi) is 5.39. The van der Waals surface area contributed by atoms with E-state index in [1.165, 1.54) is 24.3 Å². The van der Waals surface area contributed by atoms with Gasteiger partial charge in [-0.05, 0) is 41.8 Å². The van der Waals surface area contributed by atoms with Gasteiger partial charge in [-0.15, -0.1) is 0 Å². The van der Waals surface area contributed by atoms with Gasteiger partial charge in [0.2, 0.25) is 5.89 Å². The minimum atomic E-state index is -0.507. The van der Waals surface area contributed by atoms with Gasteiger partial charge in [0.05, 0.1) is 12.1 Å². The van der Waals surface area contributed by atoms with Gasteiger partial charge in [-0.3, -0.25) is 4.90 Å². The SMILES string of the molecule is OC1CC(c2nc(Cc3ccc(F)cc3Cl)no2)N(Cc2ccc(F)cc2)C1. The van der Waals surface area contributed by atoms with E-state index in [0.717, 1.165) is 5.56 Å². The summed E-state index contributed by atoms with van der Waals surface area (Å²) in [7, 11) is 0. The fourth-order valence-electron chi connectivity index (χ4n) is 3.45. The van der Waals surface area contributed by atoms with Crippen LogP contribution in [0.1, 0.15) is 35.3 Å². The van der Waals surface area contributed by atoms with E-state index in [2.05, 4.69) is 10.1 Å². The van der Waals surface area contributed by atoms with Crippen molar-refractivity contribution in [2.24, 2.45) is 0 Å². The maximum atomic E-state index is 13.2. The van der Waals surface area contributed by atoms with Crippen LogP contribution in [0.4, 0.5) is 8.78 Å². The van der Waals surface area contributed by atoms with Crippen molar-refractivity contribution in [3.63, 3.8) is 0 Å². The van der Waals surface area contributed by atoms with E-state index in [0.29, 0.717) is 48.2 Å². The maximum Gasteiger partial charge on any atom is 0.244 e. The Hall–Kier alpha value is -2.35. The van der Waals surface area contributed by atoms with Gasteiger partial charge in [-0.1, -0.05) is 35.0 Å². The number of aromatic nitrogens is 2. The highest BCUT2D eigenvalue weighted by Crippen LogP contribution is 2.33. The van der Waals surface area contributed by atoms with Crippen molar-refractivity contribution in [1.82, 2.24) is 15.0 Å². The molecule has 0 spiro atoms. The molecule has 0 radical (unpaired) electrons. The van der Waals surface area contributed by atoms with Crippen LogP contribution in [0, 0.1) is 11.6 Å². The van der Waals surface area contributed by atoms with Gasteiger partial charge >= 0.3 is 0 Å². The predicted molar refractivity (Wildman–Crippen MR) is 98.7 cm³/mol. The molecule has 2 aromatic carbocycles. The van der Waals surface area contributed by atoms with Crippen molar-refractivity contribution in [1.29, 1.82) is 0 Å². The van der Waals surface area contributed by atoms with E-state index < -0.39 is 11.9 Å². The Morgan fingerprint density at radius 1 is 1.14 bits per heavy atom. The van der Waals surface area contributed by atoms with Crippen LogP contribution in [0.15, 0.2) is 47.0 Å².